The molecule has 1 aromatic carbocycles. The number of ether oxygens (including phenoxy) is 1. The molecule has 1 aliphatic heterocycles. The van der Waals surface area contributed by atoms with Crippen molar-refractivity contribution in [3.05, 3.63) is 65.0 Å². The van der Waals surface area contributed by atoms with E-state index >= 15 is 0 Å². The molecule has 2 heterocycles. The van der Waals surface area contributed by atoms with E-state index < -0.39 is 28.9 Å². The van der Waals surface area contributed by atoms with Gasteiger partial charge in [-0.2, -0.15) is 8.78 Å². The third-order valence-electron chi connectivity index (χ3n) is 3.54. The molecular weight excluding hydrogens is 286 g/mol. The second-order valence-corrected chi connectivity index (χ2v) is 5.04. The molecule has 0 bridgehead atoms. The Hall–Kier alpha value is -1.95. The molecule has 0 unspecified atom stereocenters. The highest BCUT2D eigenvalue weighted by molar-refractivity contribution is 5.35. The van der Waals surface area contributed by atoms with E-state index in [1.54, 1.807) is 6.92 Å². The van der Waals surface area contributed by atoms with Gasteiger partial charge in [0.15, 0.2) is 5.60 Å². The van der Waals surface area contributed by atoms with Gasteiger partial charge in [0.25, 0.3) is 0 Å². The minimum Gasteiger partial charge on any atom is -0.357 e. The lowest BCUT2D eigenvalue weighted by atomic mass is 9.90. The molecule has 1 saturated heterocycles. The molecule has 0 amide bonds. The van der Waals surface area contributed by atoms with Crippen LogP contribution in [-0.4, -0.2) is 11.6 Å². The fourth-order valence-corrected chi connectivity index (χ4v) is 2.26. The molecule has 0 saturated carbocycles. The lowest BCUT2D eigenvalue weighted by molar-refractivity contribution is -0.0901. The summed E-state index contributed by atoms with van der Waals surface area (Å²) in [6.07, 6.45) is 1.31. The Morgan fingerprint density at radius 2 is 1.90 bits per heavy atom. The van der Waals surface area contributed by atoms with Gasteiger partial charge in [-0.15, -0.1) is 0 Å². The Kier molecular flexibility index (Phi) is 3.02. The van der Waals surface area contributed by atoms with Crippen molar-refractivity contribution in [2.75, 3.05) is 6.61 Å². The van der Waals surface area contributed by atoms with Crippen LogP contribution in [0.5, 0.6) is 0 Å². The molecule has 0 spiro atoms. The molecule has 6 heteroatoms. The van der Waals surface area contributed by atoms with Gasteiger partial charge < -0.3 is 4.74 Å². The van der Waals surface area contributed by atoms with Gasteiger partial charge in [-0.3, -0.25) is 4.98 Å². The van der Waals surface area contributed by atoms with Crippen LogP contribution in [0, 0.1) is 18.6 Å². The van der Waals surface area contributed by atoms with Gasteiger partial charge in [-0.1, -0.05) is 6.07 Å². The second kappa shape index (κ2) is 4.53. The summed E-state index contributed by atoms with van der Waals surface area (Å²) in [5, 5.41) is 0. The molecule has 2 aromatic rings. The summed E-state index contributed by atoms with van der Waals surface area (Å²) in [6.45, 7) is 1.37. The van der Waals surface area contributed by atoms with Crippen molar-refractivity contribution in [2.45, 2.75) is 18.4 Å². The molecule has 1 aliphatic rings. The number of halogens is 4. The number of benzene rings is 1. The number of epoxide rings is 1. The first-order chi connectivity index (χ1) is 9.87. The van der Waals surface area contributed by atoms with E-state index in [9.17, 15) is 17.6 Å². The number of aromatic nitrogens is 1. The summed E-state index contributed by atoms with van der Waals surface area (Å²) in [5.74, 6) is -5.40. The normalized spacial score (nSPS) is 21.4. The van der Waals surface area contributed by atoms with Crippen molar-refractivity contribution >= 4 is 0 Å². The number of alkyl halides is 2. The Labute approximate surface area is 118 Å². The molecule has 0 radical (unpaired) electrons. The monoisotopic (exact) mass is 297 g/mol. The Bertz CT molecular complexity index is 681. The van der Waals surface area contributed by atoms with E-state index in [2.05, 4.69) is 4.98 Å². The highest BCUT2D eigenvalue weighted by Gasteiger charge is 2.68. The fraction of sp³-hybridized carbons (Fsp3) is 0.267. The van der Waals surface area contributed by atoms with Crippen LogP contribution >= 0.6 is 0 Å². The van der Waals surface area contributed by atoms with Crippen molar-refractivity contribution < 1.29 is 22.3 Å². The van der Waals surface area contributed by atoms with Crippen molar-refractivity contribution in [3.8, 4) is 0 Å². The van der Waals surface area contributed by atoms with E-state index in [-0.39, 0.29) is 12.2 Å². The van der Waals surface area contributed by atoms with Crippen LogP contribution in [-0.2, 0) is 16.3 Å². The molecule has 2 nitrogen and oxygen atoms in total. The van der Waals surface area contributed by atoms with Crippen molar-refractivity contribution in [2.24, 2.45) is 0 Å². The number of hydrogen-bond donors (Lipinski definition) is 0. The van der Waals surface area contributed by atoms with E-state index in [1.807, 2.05) is 0 Å². The predicted octanol–water partition coefficient (Wildman–Crippen LogP) is 3.69. The largest absolute Gasteiger partial charge is 0.357 e. The van der Waals surface area contributed by atoms with Crippen molar-refractivity contribution in [1.82, 2.24) is 4.98 Å². The number of aryl methyl sites for hydroxylation is 1. The highest BCUT2D eigenvalue weighted by atomic mass is 19.3. The first-order valence-corrected chi connectivity index (χ1v) is 6.27. The first kappa shape index (κ1) is 14.0. The van der Waals surface area contributed by atoms with Gasteiger partial charge in [0, 0.05) is 17.8 Å². The maximum absolute atomic E-state index is 14.6. The molecule has 1 aromatic heterocycles. The van der Waals surface area contributed by atoms with Gasteiger partial charge in [-0.05, 0) is 30.7 Å². The zero-order chi connectivity index (χ0) is 15.3. The average Bonchev–Trinajstić information content (AvgIpc) is 3.21. The van der Waals surface area contributed by atoms with E-state index in [4.69, 9.17) is 4.74 Å². The second-order valence-electron chi connectivity index (χ2n) is 5.04. The standard InChI is InChI=1S/C15H11F4NO/c1-9-2-5-13(20-7-9)15(18,19)14(8-21-14)11-4-3-10(16)6-12(11)17/h2-7H,8H2,1H3/t14-/m0/s1. The van der Waals surface area contributed by atoms with E-state index in [0.29, 0.717) is 6.07 Å². The van der Waals surface area contributed by atoms with Crippen molar-refractivity contribution in [3.63, 3.8) is 0 Å². The summed E-state index contributed by atoms with van der Waals surface area (Å²) >= 11 is 0. The SMILES string of the molecule is Cc1ccc(C(F)(F)[C@@]2(c3ccc(F)cc3F)CO2)nc1. The van der Waals surface area contributed by atoms with Gasteiger partial charge in [0.05, 0.1) is 6.61 Å². The summed E-state index contributed by atoms with van der Waals surface area (Å²) < 4.78 is 61.0. The fourth-order valence-electron chi connectivity index (χ4n) is 2.26. The van der Waals surface area contributed by atoms with Crippen LogP contribution in [0.15, 0.2) is 36.5 Å². The molecule has 1 fully saturated rings. The van der Waals surface area contributed by atoms with Crippen molar-refractivity contribution in [1.29, 1.82) is 0 Å². The summed E-state index contributed by atoms with van der Waals surface area (Å²) in [4.78, 5) is 3.70. The molecule has 21 heavy (non-hydrogen) atoms. The Morgan fingerprint density at radius 1 is 1.19 bits per heavy atom. The number of nitrogens with zero attached hydrogens (tertiary/aromatic N) is 1. The molecule has 0 aliphatic carbocycles. The lowest BCUT2D eigenvalue weighted by Gasteiger charge is -2.24. The summed E-state index contributed by atoms with van der Waals surface area (Å²) in [5.41, 5.74) is -2.26. The van der Waals surface area contributed by atoms with Crippen LogP contribution in [0.1, 0.15) is 16.8 Å². The minimum absolute atomic E-state index is 0.349. The molecule has 3 rings (SSSR count). The van der Waals surface area contributed by atoms with Crippen LogP contribution in [0.2, 0.25) is 0 Å². The topological polar surface area (TPSA) is 25.4 Å². The van der Waals surface area contributed by atoms with Gasteiger partial charge >= 0.3 is 5.92 Å². The van der Waals surface area contributed by atoms with Gasteiger partial charge in [0.1, 0.15) is 17.3 Å². The smallest absolute Gasteiger partial charge is 0.324 e. The maximum Gasteiger partial charge on any atom is 0.324 e. The third kappa shape index (κ3) is 2.10. The molecule has 0 N–H and O–H groups in total. The first-order valence-electron chi connectivity index (χ1n) is 6.27. The lowest BCUT2D eigenvalue weighted by Crippen LogP contribution is -2.34. The van der Waals surface area contributed by atoms with Crippen LogP contribution < -0.4 is 0 Å². The minimum atomic E-state index is -3.51. The summed E-state index contributed by atoms with van der Waals surface area (Å²) in [7, 11) is 0. The quantitative estimate of drug-likeness (QED) is 0.638. The average molecular weight is 297 g/mol. The highest BCUT2D eigenvalue weighted by Crippen LogP contribution is 2.56. The van der Waals surface area contributed by atoms with Crippen LogP contribution in [0.25, 0.3) is 0 Å². The molecule has 1 atom stereocenters. The third-order valence-corrected chi connectivity index (χ3v) is 3.54. The number of pyridine rings is 1. The zero-order valence-electron chi connectivity index (χ0n) is 11.0. The molecule has 110 valence electrons. The molecular formula is C15H11F4NO. The maximum atomic E-state index is 14.6. The van der Waals surface area contributed by atoms with E-state index in [0.717, 1.165) is 17.7 Å². The zero-order valence-corrected chi connectivity index (χ0v) is 11.0. The van der Waals surface area contributed by atoms with Gasteiger partial charge in [-0.25, -0.2) is 8.78 Å². The Balaban J connectivity index is 2.06. The van der Waals surface area contributed by atoms with Gasteiger partial charge in [0.2, 0.25) is 0 Å². The predicted molar refractivity (Wildman–Crippen MR) is 66.9 cm³/mol. The number of hydrogen-bond acceptors (Lipinski definition) is 2. The Morgan fingerprint density at radius 3 is 2.43 bits per heavy atom. The van der Waals surface area contributed by atoms with Crippen LogP contribution in [0.4, 0.5) is 17.6 Å². The van der Waals surface area contributed by atoms with E-state index in [1.165, 1.54) is 18.3 Å². The van der Waals surface area contributed by atoms with Crippen LogP contribution in [0.3, 0.4) is 0 Å². The number of rotatable bonds is 3. The summed E-state index contributed by atoms with van der Waals surface area (Å²) in [6, 6.07) is 5.16.